The lowest BCUT2D eigenvalue weighted by molar-refractivity contribution is -0.792. The van der Waals surface area contributed by atoms with Gasteiger partial charge < -0.3 is 5.11 Å². The van der Waals surface area contributed by atoms with Crippen LogP contribution in [-0.4, -0.2) is 44.8 Å². The SMILES string of the molecule is C[C@@H]1CCC[N+]1(C(=O)O)C(=O)CC(Br)C(=O)c1ccc(Cl)cc1. The summed E-state index contributed by atoms with van der Waals surface area (Å²) in [5.41, 5.74) is 0.431. The van der Waals surface area contributed by atoms with Crippen molar-refractivity contribution in [1.82, 2.24) is 0 Å². The molecular weight excluding hydrogens is 386 g/mol. The first-order valence-electron chi connectivity index (χ1n) is 7.37. The van der Waals surface area contributed by atoms with Crippen molar-refractivity contribution in [2.75, 3.05) is 6.54 Å². The molecule has 1 aliphatic heterocycles. The van der Waals surface area contributed by atoms with Gasteiger partial charge in [0.2, 0.25) is 0 Å². The number of carbonyl (C=O) groups is 3. The quantitative estimate of drug-likeness (QED) is 0.470. The van der Waals surface area contributed by atoms with Gasteiger partial charge in [0.1, 0.15) is 6.04 Å². The summed E-state index contributed by atoms with van der Waals surface area (Å²) >= 11 is 9.02. The van der Waals surface area contributed by atoms with Gasteiger partial charge in [-0.05, 0) is 31.2 Å². The van der Waals surface area contributed by atoms with Crippen LogP contribution in [0.25, 0.3) is 0 Å². The molecule has 7 heteroatoms. The van der Waals surface area contributed by atoms with Crippen molar-refractivity contribution in [2.45, 2.75) is 37.1 Å². The average molecular weight is 404 g/mol. The Morgan fingerprint density at radius 1 is 1.35 bits per heavy atom. The molecule has 0 aliphatic carbocycles. The van der Waals surface area contributed by atoms with E-state index in [1.54, 1.807) is 31.2 Å². The highest BCUT2D eigenvalue weighted by molar-refractivity contribution is 9.10. The summed E-state index contributed by atoms with van der Waals surface area (Å²) in [4.78, 5) is 35.9. The lowest BCUT2D eigenvalue weighted by Gasteiger charge is -2.30. The zero-order chi connectivity index (χ0) is 17.2. The van der Waals surface area contributed by atoms with Crippen LogP contribution >= 0.6 is 27.5 Å². The monoisotopic (exact) mass is 402 g/mol. The molecule has 124 valence electrons. The molecule has 0 bridgehead atoms. The van der Waals surface area contributed by atoms with Gasteiger partial charge in [-0.15, -0.1) is 0 Å². The second-order valence-corrected chi connectivity index (χ2v) is 7.34. The number of halogens is 2. The van der Waals surface area contributed by atoms with E-state index in [1.165, 1.54) is 0 Å². The summed E-state index contributed by atoms with van der Waals surface area (Å²) < 4.78 is -0.587. The molecule has 5 nitrogen and oxygen atoms in total. The molecule has 1 N–H and O–H groups in total. The summed E-state index contributed by atoms with van der Waals surface area (Å²) in [6.45, 7) is 2.05. The largest absolute Gasteiger partial charge is 0.521 e. The number of amides is 2. The molecule has 1 fully saturated rings. The van der Waals surface area contributed by atoms with Gasteiger partial charge in [0.15, 0.2) is 5.78 Å². The number of Topliss-reactive ketones (excluding diaryl/α,β-unsaturated/α-hetero) is 1. The van der Waals surface area contributed by atoms with E-state index in [2.05, 4.69) is 15.9 Å². The van der Waals surface area contributed by atoms with Crippen LogP contribution in [0.1, 0.15) is 36.5 Å². The number of carboxylic acid groups (broad SMARTS) is 1. The molecule has 1 heterocycles. The Labute approximate surface area is 147 Å². The predicted molar refractivity (Wildman–Crippen MR) is 90.0 cm³/mol. The Morgan fingerprint density at radius 3 is 2.43 bits per heavy atom. The highest BCUT2D eigenvalue weighted by Crippen LogP contribution is 2.30. The number of likely N-dealkylation sites (tertiary alicyclic amines) is 1. The number of carbonyl (C=O) groups excluding carboxylic acids is 2. The maximum absolute atomic E-state index is 12.6. The molecule has 23 heavy (non-hydrogen) atoms. The number of quaternary nitrogens is 1. The highest BCUT2D eigenvalue weighted by Gasteiger charge is 2.53. The number of rotatable bonds is 4. The zero-order valence-corrected chi connectivity index (χ0v) is 15.0. The second kappa shape index (κ2) is 7.11. The average Bonchev–Trinajstić information content (AvgIpc) is 2.90. The van der Waals surface area contributed by atoms with Gasteiger partial charge in [-0.1, -0.05) is 27.5 Å². The van der Waals surface area contributed by atoms with Crippen LogP contribution < -0.4 is 0 Å². The molecule has 1 aromatic carbocycles. The number of hydrogen-bond donors (Lipinski definition) is 1. The maximum Gasteiger partial charge on any atom is 0.521 e. The molecule has 0 spiro atoms. The van der Waals surface area contributed by atoms with Crippen molar-refractivity contribution in [2.24, 2.45) is 0 Å². The molecule has 2 rings (SSSR count). The minimum atomic E-state index is -1.14. The van der Waals surface area contributed by atoms with Gasteiger partial charge in [-0.2, -0.15) is 9.28 Å². The van der Waals surface area contributed by atoms with Crippen molar-refractivity contribution >= 4 is 45.3 Å². The standard InChI is InChI=1S/C16H17BrClNO4/c1-10-3-2-8-19(10,16(22)23)14(20)9-13(17)15(21)11-4-6-12(18)7-5-11/h4-7,10,13H,2-3,8-9H2,1H3/p+1/t10-,13?,19?/m1/s1. The summed E-state index contributed by atoms with van der Waals surface area (Å²) in [6.07, 6.45) is 0.0875. The fraction of sp³-hybridized carbons (Fsp3) is 0.438. The molecule has 3 atom stereocenters. The first-order chi connectivity index (χ1) is 10.8. The van der Waals surface area contributed by atoms with Crippen LogP contribution in [0.3, 0.4) is 0 Å². The van der Waals surface area contributed by atoms with E-state index in [-0.39, 0.29) is 24.8 Å². The third-order valence-corrected chi connectivity index (χ3v) is 5.43. The van der Waals surface area contributed by atoms with Crippen LogP contribution in [0.15, 0.2) is 24.3 Å². The van der Waals surface area contributed by atoms with E-state index in [1.807, 2.05) is 0 Å². The normalized spacial score (nSPS) is 25.1. The molecule has 0 saturated carbocycles. The van der Waals surface area contributed by atoms with Gasteiger partial charge >= 0.3 is 12.0 Å². The van der Waals surface area contributed by atoms with Crippen LogP contribution in [-0.2, 0) is 4.79 Å². The van der Waals surface area contributed by atoms with E-state index >= 15 is 0 Å². The zero-order valence-electron chi connectivity index (χ0n) is 12.7. The number of nitrogens with zero attached hydrogens (tertiary/aromatic N) is 1. The molecule has 2 unspecified atom stereocenters. The van der Waals surface area contributed by atoms with Crippen LogP contribution in [0, 0.1) is 0 Å². The smallest absolute Gasteiger partial charge is 0.435 e. The lowest BCUT2D eigenvalue weighted by Crippen LogP contribution is -2.59. The van der Waals surface area contributed by atoms with E-state index in [9.17, 15) is 19.5 Å². The van der Waals surface area contributed by atoms with Crippen LogP contribution in [0.5, 0.6) is 0 Å². The number of hydrogen-bond acceptors (Lipinski definition) is 3. The number of alkyl halides is 1. The minimum absolute atomic E-state index is 0.155. The topological polar surface area (TPSA) is 71.4 Å². The molecule has 0 radical (unpaired) electrons. The molecule has 0 aromatic heterocycles. The summed E-state index contributed by atoms with van der Waals surface area (Å²) in [5, 5.41) is 10.1. The minimum Gasteiger partial charge on any atom is -0.435 e. The molecule has 1 saturated heterocycles. The third-order valence-electron chi connectivity index (χ3n) is 4.44. The number of benzene rings is 1. The fourth-order valence-electron chi connectivity index (χ4n) is 3.04. The fourth-order valence-corrected chi connectivity index (χ4v) is 3.71. The highest BCUT2D eigenvalue weighted by atomic mass is 79.9. The van der Waals surface area contributed by atoms with Crippen molar-refractivity contribution in [3.05, 3.63) is 34.9 Å². The van der Waals surface area contributed by atoms with Gasteiger partial charge in [-0.25, -0.2) is 4.79 Å². The van der Waals surface area contributed by atoms with Gasteiger partial charge in [0.25, 0.3) is 0 Å². The molecule has 1 aliphatic rings. The van der Waals surface area contributed by atoms with Crippen molar-refractivity contribution in [3.8, 4) is 0 Å². The van der Waals surface area contributed by atoms with Crippen molar-refractivity contribution in [3.63, 3.8) is 0 Å². The number of ketones is 1. The second-order valence-electron chi connectivity index (χ2n) is 5.80. The molecule has 1 aromatic rings. The van der Waals surface area contributed by atoms with Crippen LogP contribution in [0.4, 0.5) is 4.79 Å². The summed E-state index contributed by atoms with van der Waals surface area (Å²) in [5.74, 6) is -0.697. The van der Waals surface area contributed by atoms with Crippen LogP contribution in [0.2, 0.25) is 5.02 Å². The molecular formula is C16H18BrClNO4+. The Kier molecular flexibility index (Phi) is 5.60. The third kappa shape index (κ3) is 3.49. The Hall–Kier alpha value is -1.24. The lowest BCUT2D eigenvalue weighted by atomic mass is 10.1. The predicted octanol–water partition coefficient (Wildman–Crippen LogP) is 3.88. The van der Waals surface area contributed by atoms with E-state index in [0.717, 1.165) is 0 Å². The Balaban J connectivity index is 2.14. The van der Waals surface area contributed by atoms with E-state index < -0.39 is 21.3 Å². The van der Waals surface area contributed by atoms with Crippen molar-refractivity contribution in [1.29, 1.82) is 0 Å². The first kappa shape index (κ1) is 18.1. The van der Waals surface area contributed by atoms with Gasteiger partial charge in [-0.3, -0.25) is 4.79 Å². The van der Waals surface area contributed by atoms with E-state index in [0.29, 0.717) is 23.4 Å². The molecule has 2 amide bonds. The first-order valence-corrected chi connectivity index (χ1v) is 8.67. The van der Waals surface area contributed by atoms with E-state index in [4.69, 9.17) is 11.6 Å². The summed E-state index contributed by atoms with van der Waals surface area (Å²) in [7, 11) is 0. The van der Waals surface area contributed by atoms with Gasteiger partial charge in [0, 0.05) is 23.4 Å². The van der Waals surface area contributed by atoms with Gasteiger partial charge in [0.05, 0.1) is 17.8 Å². The Morgan fingerprint density at radius 2 is 1.96 bits per heavy atom. The van der Waals surface area contributed by atoms with Crippen molar-refractivity contribution < 1.29 is 24.0 Å². The number of imide groups is 1. The maximum atomic E-state index is 12.6. The summed E-state index contributed by atoms with van der Waals surface area (Å²) in [6, 6.07) is 6.10. The Bertz CT molecular complexity index is 633.